The Labute approximate surface area is 120 Å². The smallest absolute Gasteiger partial charge is 0.282 e. The van der Waals surface area contributed by atoms with Gasteiger partial charge in [-0.3, -0.25) is 19.7 Å². The van der Waals surface area contributed by atoms with Gasteiger partial charge >= 0.3 is 10.1 Å². The summed E-state index contributed by atoms with van der Waals surface area (Å²) >= 11 is 0. The predicted octanol–water partition coefficient (Wildman–Crippen LogP) is 2.59. The first kappa shape index (κ1) is 14.8. The van der Waals surface area contributed by atoms with Crippen molar-refractivity contribution in [2.75, 3.05) is 0 Å². The number of hydrogen-bond acceptors (Lipinski definition) is 5. The van der Waals surface area contributed by atoms with Crippen LogP contribution in [0.2, 0.25) is 0 Å². The van der Waals surface area contributed by atoms with E-state index >= 15 is 0 Å². The summed E-state index contributed by atoms with van der Waals surface area (Å²) in [5, 5.41) is 10.9. The molecule has 0 fully saturated rings. The minimum atomic E-state index is -4.66. The lowest BCUT2D eigenvalue weighted by Gasteiger charge is -2.00. The molecule has 108 valence electrons. The summed E-state index contributed by atoms with van der Waals surface area (Å²) in [6.07, 6.45) is 1.49. The Balaban J connectivity index is 2.42. The minimum absolute atomic E-state index is 0.206. The lowest BCUT2D eigenvalue weighted by molar-refractivity contribution is -0.387. The molecule has 8 heteroatoms. The van der Waals surface area contributed by atoms with Gasteiger partial charge in [-0.2, -0.15) is 8.42 Å². The molecule has 0 atom stereocenters. The highest BCUT2D eigenvalue weighted by Crippen LogP contribution is 2.28. The zero-order chi connectivity index (χ0) is 15.5. The van der Waals surface area contributed by atoms with Crippen LogP contribution in [0.3, 0.4) is 0 Å². The molecule has 0 bridgehead atoms. The van der Waals surface area contributed by atoms with E-state index in [0.717, 1.165) is 17.7 Å². The fourth-order valence-corrected chi connectivity index (χ4v) is 2.27. The van der Waals surface area contributed by atoms with E-state index in [1.54, 1.807) is 12.1 Å². The van der Waals surface area contributed by atoms with Crippen LogP contribution in [0.15, 0.2) is 58.4 Å². The van der Waals surface area contributed by atoms with Gasteiger partial charge in [-0.05, 0) is 17.7 Å². The van der Waals surface area contributed by atoms with Gasteiger partial charge in [0.2, 0.25) is 0 Å². The van der Waals surface area contributed by atoms with Crippen molar-refractivity contribution < 1.29 is 17.9 Å². The summed E-state index contributed by atoms with van der Waals surface area (Å²) in [6.45, 7) is 0. The van der Waals surface area contributed by atoms with Gasteiger partial charge in [-0.1, -0.05) is 30.3 Å². The van der Waals surface area contributed by atoms with Crippen molar-refractivity contribution in [1.29, 1.82) is 0 Å². The molecule has 0 saturated carbocycles. The highest BCUT2D eigenvalue weighted by Gasteiger charge is 2.24. The Bertz CT molecular complexity index is 801. The van der Waals surface area contributed by atoms with E-state index in [0.29, 0.717) is 0 Å². The van der Waals surface area contributed by atoms with Crippen LogP contribution in [0.1, 0.15) is 5.56 Å². The monoisotopic (exact) mass is 306 g/mol. The molecule has 0 radical (unpaired) electrons. The zero-order valence-corrected chi connectivity index (χ0v) is 11.4. The van der Waals surface area contributed by atoms with Crippen LogP contribution in [0, 0.1) is 10.1 Å². The Morgan fingerprint density at radius 3 is 2.38 bits per heavy atom. The lowest BCUT2D eigenvalue weighted by atomic mass is 10.2. The quantitative estimate of drug-likeness (QED) is 0.404. The molecule has 0 aliphatic heterocycles. The van der Waals surface area contributed by atoms with Crippen molar-refractivity contribution in [3.63, 3.8) is 0 Å². The van der Waals surface area contributed by atoms with Gasteiger partial charge in [0.05, 0.1) is 10.6 Å². The summed E-state index contributed by atoms with van der Waals surface area (Å²) in [4.78, 5) is 13.3. The second-order valence-electron chi connectivity index (χ2n) is 4.05. The highest BCUT2D eigenvalue weighted by atomic mass is 32.2. The first-order chi connectivity index (χ1) is 9.88. The molecule has 0 unspecified atom stereocenters. The molecule has 2 aromatic rings. The van der Waals surface area contributed by atoms with Crippen LogP contribution in [0.4, 0.5) is 11.4 Å². The maximum absolute atomic E-state index is 11.1. The molecule has 7 nitrogen and oxygen atoms in total. The van der Waals surface area contributed by atoms with E-state index in [2.05, 4.69) is 4.99 Å². The van der Waals surface area contributed by atoms with E-state index in [1.165, 1.54) is 12.3 Å². The van der Waals surface area contributed by atoms with Gasteiger partial charge < -0.3 is 0 Å². The van der Waals surface area contributed by atoms with Gasteiger partial charge in [-0.25, -0.2) is 0 Å². The van der Waals surface area contributed by atoms with E-state index < -0.39 is 25.6 Å². The average molecular weight is 306 g/mol. The van der Waals surface area contributed by atoms with Crippen molar-refractivity contribution in [1.82, 2.24) is 0 Å². The largest absolute Gasteiger partial charge is 0.301 e. The highest BCUT2D eigenvalue weighted by molar-refractivity contribution is 7.86. The molecule has 1 N–H and O–H groups in total. The summed E-state index contributed by atoms with van der Waals surface area (Å²) in [7, 11) is -4.66. The molecule has 0 spiro atoms. The van der Waals surface area contributed by atoms with E-state index in [-0.39, 0.29) is 5.69 Å². The van der Waals surface area contributed by atoms with Crippen LogP contribution in [0.5, 0.6) is 0 Å². The van der Waals surface area contributed by atoms with E-state index in [1.807, 2.05) is 18.2 Å². The third-order valence-corrected chi connectivity index (χ3v) is 3.48. The molecule has 0 aliphatic rings. The zero-order valence-electron chi connectivity index (χ0n) is 10.6. The first-order valence-electron chi connectivity index (χ1n) is 5.73. The van der Waals surface area contributed by atoms with Crippen LogP contribution in [-0.4, -0.2) is 24.1 Å². The van der Waals surface area contributed by atoms with Crippen LogP contribution >= 0.6 is 0 Å². The SMILES string of the molecule is O=[N+]([O-])c1cc(N=Cc2ccccc2)ccc1S(=O)(=O)O. The lowest BCUT2D eigenvalue weighted by Crippen LogP contribution is -2.02. The number of rotatable bonds is 4. The topological polar surface area (TPSA) is 110 Å². The predicted molar refractivity (Wildman–Crippen MR) is 76.6 cm³/mol. The summed E-state index contributed by atoms with van der Waals surface area (Å²) in [5.41, 5.74) is 0.275. The maximum atomic E-state index is 11.1. The molecule has 0 heterocycles. The first-order valence-corrected chi connectivity index (χ1v) is 7.17. The standard InChI is InChI=1S/C13H10N2O5S/c16-15(17)12-8-11(6-7-13(12)21(18,19)20)14-9-10-4-2-1-3-5-10/h1-9H,(H,18,19,20). The average Bonchev–Trinajstić information content (AvgIpc) is 2.45. The molecule has 2 aromatic carbocycles. The van der Waals surface area contributed by atoms with Gasteiger partial charge in [-0.15, -0.1) is 0 Å². The van der Waals surface area contributed by atoms with Crippen LogP contribution in [0.25, 0.3) is 0 Å². The van der Waals surface area contributed by atoms with Crippen molar-refractivity contribution >= 4 is 27.7 Å². The van der Waals surface area contributed by atoms with Crippen LogP contribution in [-0.2, 0) is 10.1 Å². The number of aliphatic imine (C=N–C) groups is 1. The molecular formula is C13H10N2O5S. The van der Waals surface area contributed by atoms with Gasteiger partial charge in [0.25, 0.3) is 5.69 Å². The number of benzene rings is 2. The van der Waals surface area contributed by atoms with Crippen molar-refractivity contribution in [3.8, 4) is 0 Å². The van der Waals surface area contributed by atoms with Crippen molar-refractivity contribution in [2.45, 2.75) is 4.90 Å². The third-order valence-electron chi connectivity index (χ3n) is 2.58. The third kappa shape index (κ3) is 3.71. The Morgan fingerprint density at radius 1 is 1.14 bits per heavy atom. The normalized spacial score (nSPS) is 11.7. The maximum Gasteiger partial charge on any atom is 0.301 e. The summed E-state index contributed by atoms with van der Waals surface area (Å²) in [6, 6.07) is 12.3. The van der Waals surface area contributed by atoms with Crippen molar-refractivity contribution in [2.24, 2.45) is 4.99 Å². The number of hydrogen-bond donors (Lipinski definition) is 1. The second-order valence-corrected chi connectivity index (χ2v) is 5.44. The Hall–Kier alpha value is -2.58. The molecule has 21 heavy (non-hydrogen) atoms. The van der Waals surface area contributed by atoms with Gasteiger partial charge in [0, 0.05) is 12.3 Å². The minimum Gasteiger partial charge on any atom is -0.282 e. The Kier molecular flexibility index (Phi) is 4.10. The van der Waals surface area contributed by atoms with Gasteiger partial charge in [0.15, 0.2) is 4.90 Å². The molecular weight excluding hydrogens is 296 g/mol. The number of nitrogens with zero attached hydrogens (tertiary/aromatic N) is 2. The fraction of sp³-hybridized carbons (Fsp3) is 0. The summed E-state index contributed by atoms with van der Waals surface area (Å²) in [5.74, 6) is 0. The fourth-order valence-electron chi connectivity index (χ4n) is 1.64. The molecule has 0 aliphatic carbocycles. The summed E-state index contributed by atoms with van der Waals surface area (Å²) < 4.78 is 31.1. The van der Waals surface area contributed by atoms with Crippen LogP contribution < -0.4 is 0 Å². The van der Waals surface area contributed by atoms with Crippen molar-refractivity contribution in [3.05, 3.63) is 64.2 Å². The second kappa shape index (κ2) is 5.81. The van der Waals surface area contributed by atoms with E-state index in [4.69, 9.17) is 4.55 Å². The molecule has 2 rings (SSSR count). The molecule has 0 saturated heterocycles. The Morgan fingerprint density at radius 2 is 1.81 bits per heavy atom. The molecule has 0 aromatic heterocycles. The van der Waals surface area contributed by atoms with E-state index in [9.17, 15) is 18.5 Å². The number of nitro groups is 1. The number of nitro benzene ring substituents is 1. The van der Waals surface area contributed by atoms with Gasteiger partial charge in [0.1, 0.15) is 0 Å². The molecule has 0 amide bonds.